The molecule has 0 radical (unpaired) electrons. The number of ether oxygens (including phenoxy) is 2. The fourth-order valence-electron chi connectivity index (χ4n) is 1.11. The molecule has 7 heteroatoms. The third-order valence-electron chi connectivity index (χ3n) is 2.14. The van der Waals surface area contributed by atoms with Crippen LogP contribution in [-0.2, 0) is 19.3 Å². The van der Waals surface area contributed by atoms with Gasteiger partial charge in [-0.3, -0.25) is 0 Å². The van der Waals surface area contributed by atoms with Crippen molar-refractivity contribution in [3.8, 4) is 0 Å². The van der Waals surface area contributed by atoms with E-state index in [4.69, 9.17) is 14.6 Å². The first-order valence-corrected chi connectivity index (χ1v) is 6.51. The van der Waals surface area contributed by atoms with Crippen molar-refractivity contribution in [3.05, 3.63) is 0 Å². The average molecular weight is 238 g/mol. The maximum Gasteiger partial charge on any atom is 0.155 e. The molecule has 15 heavy (non-hydrogen) atoms. The standard InChI is InChI=1S/C8H19BO5S/c1-3-14-6-7(5-13-2)15(11,12)8(9)4-10/h7-8,10H,3-6,9H2,1-2H3/t7-,8-/m1/s1. The monoisotopic (exact) mass is 238 g/mol. The predicted molar refractivity (Wildman–Crippen MR) is 60.5 cm³/mol. The van der Waals surface area contributed by atoms with Crippen LogP contribution >= 0.6 is 0 Å². The van der Waals surface area contributed by atoms with Gasteiger partial charge >= 0.3 is 0 Å². The highest BCUT2D eigenvalue weighted by Gasteiger charge is 2.30. The predicted octanol–water partition coefficient (Wildman–Crippen LogP) is -1.60. The molecular formula is C8H19BO5S. The Morgan fingerprint density at radius 1 is 1.40 bits per heavy atom. The minimum atomic E-state index is -3.39. The van der Waals surface area contributed by atoms with Crippen LogP contribution in [0.2, 0.25) is 0 Å². The number of sulfone groups is 1. The van der Waals surface area contributed by atoms with E-state index in [-0.39, 0.29) is 19.8 Å². The third-order valence-corrected chi connectivity index (χ3v) is 4.62. The Kier molecular flexibility index (Phi) is 7.16. The van der Waals surface area contributed by atoms with Gasteiger partial charge in [0.05, 0.1) is 25.0 Å². The van der Waals surface area contributed by atoms with Gasteiger partial charge in [0.2, 0.25) is 0 Å². The minimum Gasteiger partial charge on any atom is -0.396 e. The first-order valence-electron chi connectivity index (χ1n) is 4.90. The molecule has 0 fully saturated rings. The van der Waals surface area contributed by atoms with Gasteiger partial charge in [-0.05, 0) is 6.92 Å². The number of methoxy groups -OCH3 is 1. The Bertz CT molecular complexity index is 254. The summed E-state index contributed by atoms with van der Waals surface area (Å²) < 4.78 is 33.6. The molecule has 0 aromatic carbocycles. The maximum atomic E-state index is 11.8. The molecule has 0 rings (SSSR count). The van der Waals surface area contributed by atoms with Gasteiger partial charge in [-0.25, -0.2) is 8.42 Å². The third kappa shape index (κ3) is 4.50. The lowest BCUT2D eigenvalue weighted by atomic mass is 10.1. The average Bonchev–Trinajstić information content (AvgIpc) is 2.22. The van der Waals surface area contributed by atoms with E-state index in [9.17, 15) is 8.42 Å². The molecule has 0 aromatic rings. The summed E-state index contributed by atoms with van der Waals surface area (Å²) in [5, 5.41) is 7.37. The van der Waals surface area contributed by atoms with E-state index in [1.807, 2.05) is 0 Å². The van der Waals surface area contributed by atoms with E-state index in [0.29, 0.717) is 6.61 Å². The Morgan fingerprint density at radius 2 is 2.00 bits per heavy atom. The zero-order chi connectivity index (χ0) is 11.9. The van der Waals surface area contributed by atoms with Crippen LogP contribution in [0.1, 0.15) is 6.92 Å². The highest BCUT2D eigenvalue weighted by Crippen LogP contribution is 2.09. The van der Waals surface area contributed by atoms with Gasteiger partial charge in [0.15, 0.2) is 9.84 Å². The second-order valence-electron chi connectivity index (χ2n) is 3.32. The van der Waals surface area contributed by atoms with Crippen LogP contribution in [-0.4, -0.2) is 65.3 Å². The topological polar surface area (TPSA) is 72.8 Å². The van der Waals surface area contributed by atoms with Gasteiger partial charge in [0.1, 0.15) is 13.1 Å². The van der Waals surface area contributed by atoms with Gasteiger partial charge < -0.3 is 14.6 Å². The SMILES string of the molecule is B[C@@H](CO)S(=O)(=O)[C@H](COC)COCC. The van der Waals surface area contributed by atoms with Crippen molar-refractivity contribution in [1.29, 1.82) is 0 Å². The van der Waals surface area contributed by atoms with Crippen LogP contribution in [0.5, 0.6) is 0 Å². The fourth-order valence-corrected chi connectivity index (χ4v) is 2.58. The minimum absolute atomic E-state index is 0.0900. The Balaban J connectivity index is 4.58. The number of hydrogen-bond acceptors (Lipinski definition) is 5. The summed E-state index contributed by atoms with van der Waals surface area (Å²) in [4.78, 5) is 0. The van der Waals surface area contributed by atoms with Gasteiger partial charge in [-0.1, -0.05) is 0 Å². The normalized spacial score (nSPS) is 16.2. The summed E-state index contributed by atoms with van der Waals surface area (Å²) in [5.74, 6) is 0. The molecule has 0 heterocycles. The van der Waals surface area contributed by atoms with Gasteiger partial charge in [0.25, 0.3) is 0 Å². The molecule has 0 spiro atoms. The van der Waals surface area contributed by atoms with Crippen molar-refractivity contribution in [2.24, 2.45) is 0 Å². The van der Waals surface area contributed by atoms with E-state index >= 15 is 0 Å². The van der Waals surface area contributed by atoms with E-state index < -0.39 is 20.2 Å². The second-order valence-corrected chi connectivity index (χ2v) is 5.97. The zero-order valence-electron chi connectivity index (χ0n) is 9.47. The van der Waals surface area contributed by atoms with Crippen molar-refractivity contribution in [3.63, 3.8) is 0 Å². The van der Waals surface area contributed by atoms with E-state index in [0.717, 1.165) is 0 Å². The molecule has 0 aliphatic heterocycles. The maximum absolute atomic E-state index is 11.8. The molecular weight excluding hydrogens is 219 g/mol. The van der Waals surface area contributed by atoms with Crippen molar-refractivity contribution >= 4 is 17.7 Å². The smallest absolute Gasteiger partial charge is 0.155 e. The highest BCUT2D eigenvalue weighted by atomic mass is 32.2. The quantitative estimate of drug-likeness (QED) is 0.516. The lowest BCUT2D eigenvalue weighted by Crippen LogP contribution is -2.40. The lowest BCUT2D eigenvalue weighted by molar-refractivity contribution is 0.113. The molecule has 0 aliphatic rings. The molecule has 0 aliphatic carbocycles. The highest BCUT2D eigenvalue weighted by molar-refractivity contribution is 7.93. The van der Waals surface area contributed by atoms with Crippen molar-refractivity contribution < 1.29 is 23.0 Å². The fraction of sp³-hybridized carbons (Fsp3) is 1.00. The summed E-state index contributed by atoms with van der Waals surface area (Å²) in [7, 11) is -0.467. The molecule has 90 valence electrons. The summed E-state index contributed by atoms with van der Waals surface area (Å²) in [6, 6.07) is 0. The largest absolute Gasteiger partial charge is 0.396 e. The van der Waals surface area contributed by atoms with E-state index in [1.54, 1.807) is 6.92 Å². The van der Waals surface area contributed by atoms with Crippen LogP contribution in [0.4, 0.5) is 0 Å². The Labute approximate surface area is 92.1 Å². The molecule has 0 amide bonds. The van der Waals surface area contributed by atoms with Crippen molar-refractivity contribution in [1.82, 2.24) is 0 Å². The molecule has 0 aromatic heterocycles. The lowest BCUT2D eigenvalue weighted by Gasteiger charge is -2.20. The molecule has 5 nitrogen and oxygen atoms in total. The van der Waals surface area contributed by atoms with E-state index in [1.165, 1.54) is 15.0 Å². The van der Waals surface area contributed by atoms with Crippen LogP contribution in [0.15, 0.2) is 0 Å². The van der Waals surface area contributed by atoms with Gasteiger partial charge in [-0.15, -0.1) is 0 Å². The van der Waals surface area contributed by atoms with Gasteiger partial charge in [0, 0.05) is 13.7 Å². The molecule has 0 saturated carbocycles. The van der Waals surface area contributed by atoms with Crippen LogP contribution in [0.25, 0.3) is 0 Å². The Morgan fingerprint density at radius 3 is 2.40 bits per heavy atom. The number of aliphatic hydroxyl groups is 1. The zero-order valence-corrected chi connectivity index (χ0v) is 10.3. The first-order chi connectivity index (χ1) is 7.00. The molecule has 1 N–H and O–H groups in total. The molecule has 2 atom stereocenters. The van der Waals surface area contributed by atoms with E-state index in [2.05, 4.69) is 0 Å². The number of aliphatic hydroxyl groups excluding tert-OH is 1. The number of hydrogen-bond donors (Lipinski definition) is 1. The summed E-state index contributed by atoms with van der Waals surface area (Å²) >= 11 is 0. The van der Waals surface area contributed by atoms with Crippen LogP contribution in [0, 0.1) is 0 Å². The van der Waals surface area contributed by atoms with Crippen molar-refractivity contribution in [2.75, 3.05) is 33.5 Å². The summed E-state index contributed by atoms with van der Waals surface area (Å²) in [6.07, 6.45) is 0. The van der Waals surface area contributed by atoms with Crippen LogP contribution in [0.3, 0.4) is 0 Å². The first kappa shape index (κ1) is 14.9. The Hall–Kier alpha value is -0.105. The van der Waals surface area contributed by atoms with Gasteiger partial charge in [-0.2, -0.15) is 0 Å². The number of rotatable bonds is 8. The molecule has 0 bridgehead atoms. The second kappa shape index (κ2) is 7.21. The molecule has 0 saturated heterocycles. The van der Waals surface area contributed by atoms with Crippen molar-refractivity contribution in [2.45, 2.75) is 17.3 Å². The summed E-state index contributed by atoms with van der Waals surface area (Å²) in [6.45, 7) is 2.08. The van der Waals surface area contributed by atoms with Crippen LogP contribution < -0.4 is 0 Å². The molecule has 0 unspecified atom stereocenters. The summed E-state index contributed by atoms with van der Waals surface area (Å²) in [5.41, 5.74) is 0.